The number of ether oxygens (including phenoxy) is 1. The third kappa shape index (κ3) is 6.53. The van der Waals surface area contributed by atoms with Gasteiger partial charge in [-0.25, -0.2) is 26.9 Å². The quantitative estimate of drug-likeness (QED) is 0.145. The molecular weight excluding hydrogens is 587 g/mol. The van der Waals surface area contributed by atoms with Gasteiger partial charge in [0.1, 0.15) is 11.8 Å². The topological polar surface area (TPSA) is 167 Å². The van der Waals surface area contributed by atoms with Crippen LogP contribution in [0.1, 0.15) is 42.7 Å². The first-order valence-electron chi connectivity index (χ1n) is 13.2. The fourth-order valence-corrected chi connectivity index (χ4v) is 4.65. The Morgan fingerprint density at radius 2 is 1.60 bits per heavy atom. The molecule has 0 spiro atoms. The summed E-state index contributed by atoms with van der Waals surface area (Å²) in [5, 5.41) is 28.0. The van der Waals surface area contributed by atoms with Gasteiger partial charge in [0.15, 0.2) is 35.1 Å². The highest BCUT2D eigenvalue weighted by Crippen LogP contribution is 2.35. The summed E-state index contributed by atoms with van der Waals surface area (Å²) in [6.07, 6.45) is -2.38. The van der Waals surface area contributed by atoms with Crippen molar-refractivity contribution in [3.63, 3.8) is 0 Å². The summed E-state index contributed by atoms with van der Waals surface area (Å²) in [6.45, 7) is 2.40. The number of nitrogens with one attached hydrogen (secondary N) is 3. The van der Waals surface area contributed by atoms with Crippen LogP contribution in [-0.2, 0) is 25.5 Å². The Labute approximate surface area is 240 Å². The minimum Gasteiger partial charge on any atom is -0.505 e. The molecule has 1 saturated carbocycles. The third-order valence-corrected chi connectivity index (χ3v) is 7.34. The van der Waals surface area contributed by atoms with Crippen molar-refractivity contribution < 1.29 is 56.1 Å². The van der Waals surface area contributed by atoms with Crippen LogP contribution in [-0.4, -0.2) is 69.2 Å². The van der Waals surface area contributed by atoms with Crippen LogP contribution in [0.5, 0.6) is 5.75 Å². The van der Waals surface area contributed by atoms with Crippen LogP contribution in [0.3, 0.4) is 0 Å². The molecule has 3 amide bonds. The SMILES string of the molecule is C[C@H]1NC(=O)C(C2CC2)OC(=O)[C@H](C)[C@H](O)[C@H](Cc2c(F)c(F)c(F)c(F)c2F)NC(=O)[C@H]1NC(=O)c1ncccc1O. The monoisotopic (exact) mass is 614 g/mol. The van der Waals surface area contributed by atoms with Gasteiger partial charge in [0.05, 0.1) is 24.1 Å². The van der Waals surface area contributed by atoms with Crippen molar-refractivity contribution in [2.75, 3.05) is 0 Å². The molecule has 0 bridgehead atoms. The van der Waals surface area contributed by atoms with E-state index in [2.05, 4.69) is 20.9 Å². The molecule has 1 aromatic heterocycles. The minimum absolute atomic E-state index is 0.389. The number of cyclic esters (lactones) is 1. The van der Waals surface area contributed by atoms with Gasteiger partial charge in [-0.1, -0.05) is 0 Å². The fraction of sp³-hybridized carbons (Fsp3) is 0.444. The van der Waals surface area contributed by atoms with Crippen molar-refractivity contribution >= 4 is 23.7 Å². The van der Waals surface area contributed by atoms with E-state index in [4.69, 9.17) is 4.74 Å². The Morgan fingerprint density at radius 1 is 1.00 bits per heavy atom. The van der Waals surface area contributed by atoms with E-state index in [0.717, 1.165) is 13.0 Å². The largest absolute Gasteiger partial charge is 0.505 e. The first-order chi connectivity index (χ1) is 20.2. The number of aromatic hydroxyl groups is 1. The number of carbonyl (C=O) groups excluding carboxylic acids is 4. The highest BCUT2D eigenvalue weighted by Gasteiger charge is 2.44. The van der Waals surface area contributed by atoms with Gasteiger partial charge in [0.2, 0.25) is 11.7 Å². The number of rotatable bonds is 5. The lowest BCUT2D eigenvalue weighted by Crippen LogP contribution is -2.62. The van der Waals surface area contributed by atoms with E-state index in [1.807, 2.05) is 0 Å². The first-order valence-corrected chi connectivity index (χ1v) is 13.2. The number of aliphatic hydroxyl groups excluding tert-OH is 1. The van der Waals surface area contributed by atoms with Crippen molar-refractivity contribution in [2.45, 2.75) is 63.4 Å². The lowest BCUT2D eigenvalue weighted by atomic mass is 9.91. The summed E-state index contributed by atoms with van der Waals surface area (Å²) in [7, 11) is 0. The van der Waals surface area contributed by atoms with Gasteiger partial charge in [0.25, 0.3) is 11.8 Å². The van der Waals surface area contributed by atoms with Gasteiger partial charge in [-0.05, 0) is 38.8 Å². The average Bonchev–Trinajstić information content (AvgIpc) is 3.82. The maximum Gasteiger partial charge on any atom is 0.312 e. The minimum atomic E-state index is -2.42. The molecule has 2 aliphatic rings. The molecule has 1 saturated heterocycles. The van der Waals surface area contributed by atoms with Gasteiger partial charge < -0.3 is 30.9 Å². The van der Waals surface area contributed by atoms with Crippen LogP contribution < -0.4 is 16.0 Å². The third-order valence-electron chi connectivity index (χ3n) is 7.34. The number of hydrogen-bond donors (Lipinski definition) is 5. The second-order valence-electron chi connectivity index (χ2n) is 10.5. The molecule has 16 heteroatoms. The lowest BCUT2D eigenvalue weighted by Gasteiger charge is -2.33. The Hall–Kier alpha value is -4.34. The molecule has 43 heavy (non-hydrogen) atoms. The molecule has 11 nitrogen and oxygen atoms in total. The maximum atomic E-state index is 14.6. The van der Waals surface area contributed by atoms with Crippen LogP contribution in [0.25, 0.3) is 0 Å². The molecule has 1 aromatic carbocycles. The summed E-state index contributed by atoms with van der Waals surface area (Å²) in [4.78, 5) is 56.2. The van der Waals surface area contributed by atoms with E-state index in [0.29, 0.717) is 12.8 Å². The molecule has 5 N–H and O–H groups in total. The van der Waals surface area contributed by atoms with Gasteiger partial charge in [-0.3, -0.25) is 19.2 Å². The van der Waals surface area contributed by atoms with E-state index in [9.17, 15) is 51.3 Å². The molecule has 1 aliphatic heterocycles. The number of halogens is 5. The van der Waals surface area contributed by atoms with E-state index in [-0.39, 0.29) is 5.92 Å². The Morgan fingerprint density at radius 3 is 2.19 bits per heavy atom. The molecule has 2 fully saturated rings. The fourth-order valence-electron chi connectivity index (χ4n) is 4.65. The molecule has 2 aromatic rings. The van der Waals surface area contributed by atoms with Crippen LogP contribution in [0.4, 0.5) is 22.0 Å². The highest BCUT2D eigenvalue weighted by molar-refractivity contribution is 5.98. The maximum absolute atomic E-state index is 14.6. The number of amides is 3. The normalized spacial score (nSPS) is 26.8. The molecule has 4 rings (SSSR count). The summed E-state index contributed by atoms with van der Waals surface area (Å²) in [5.74, 6) is -18.1. The van der Waals surface area contributed by atoms with Gasteiger partial charge in [-0.15, -0.1) is 0 Å². The molecule has 1 unspecified atom stereocenters. The highest BCUT2D eigenvalue weighted by atomic mass is 19.2. The summed E-state index contributed by atoms with van der Waals surface area (Å²) in [6, 6.07) is -2.41. The first kappa shape index (κ1) is 31.6. The van der Waals surface area contributed by atoms with Crippen molar-refractivity contribution in [1.82, 2.24) is 20.9 Å². The molecular formula is C27H27F5N4O7. The number of esters is 1. The molecule has 1 aliphatic carbocycles. The number of carbonyl (C=O) groups is 4. The molecule has 0 radical (unpaired) electrons. The zero-order valence-corrected chi connectivity index (χ0v) is 22.7. The second kappa shape index (κ2) is 12.5. The predicted molar refractivity (Wildman–Crippen MR) is 134 cm³/mol. The van der Waals surface area contributed by atoms with Crippen LogP contribution >= 0.6 is 0 Å². The standard InChI is InChI=1S/C27H27F5N4O7/c1-9-22(38)13(8-12-15(28)17(30)19(32)18(31)16(12)29)35-24(39)20(36-25(40)21-14(37)4-3-7-33-21)10(2)34-26(41)23(11-5-6-11)43-27(9)42/h3-4,7,9-11,13,20,22-23,37-38H,5-6,8H2,1-2H3,(H,34,41)(H,35,39)(H,36,40)/t9-,10-,13+,20+,22+,23?/m1/s1. The van der Waals surface area contributed by atoms with Crippen LogP contribution in [0.2, 0.25) is 0 Å². The van der Waals surface area contributed by atoms with E-state index in [1.165, 1.54) is 19.2 Å². The number of aliphatic hydroxyl groups is 1. The number of pyridine rings is 1. The molecule has 6 atom stereocenters. The Bertz CT molecular complexity index is 1430. The van der Waals surface area contributed by atoms with Crippen molar-refractivity contribution in [1.29, 1.82) is 0 Å². The zero-order chi connectivity index (χ0) is 31.7. The second-order valence-corrected chi connectivity index (χ2v) is 10.5. The Balaban J connectivity index is 1.75. The van der Waals surface area contributed by atoms with Gasteiger partial charge in [0, 0.05) is 24.1 Å². The zero-order valence-electron chi connectivity index (χ0n) is 22.7. The number of benzene rings is 1. The summed E-state index contributed by atoms with van der Waals surface area (Å²) in [5.41, 5.74) is -1.89. The van der Waals surface area contributed by atoms with Gasteiger partial charge >= 0.3 is 5.97 Å². The van der Waals surface area contributed by atoms with Gasteiger partial charge in [-0.2, -0.15) is 0 Å². The molecule has 232 valence electrons. The summed E-state index contributed by atoms with van der Waals surface area (Å²) < 4.78 is 76.1. The van der Waals surface area contributed by atoms with E-state index >= 15 is 0 Å². The average molecular weight is 615 g/mol. The van der Waals surface area contributed by atoms with Crippen LogP contribution in [0, 0.1) is 40.9 Å². The van der Waals surface area contributed by atoms with E-state index < -0.39 is 112 Å². The summed E-state index contributed by atoms with van der Waals surface area (Å²) >= 11 is 0. The van der Waals surface area contributed by atoms with Crippen molar-refractivity contribution in [2.24, 2.45) is 11.8 Å². The van der Waals surface area contributed by atoms with Crippen molar-refractivity contribution in [3.8, 4) is 5.75 Å². The Kier molecular flexibility index (Phi) is 9.18. The van der Waals surface area contributed by atoms with E-state index in [1.54, 1.807) is 0 Å². The number of hydrogen-bond acceptors (Lipinski definition) is 8. The number of nitrogens with zero attached hydrogens (tertiary/aromatic N) is 1. The van der Waals surface area contributed by atoms with Crippen molar-refractivity contribution in [3.05, 3.63) is 58.7 Å². The predicted octanol–water partition coefficient (Wildman–Crippen LogP) is 1.15. The number of aromatic nitrogens is 1. The smallest absolute Gasteiger partial charge is 0.312 e. The lowest BCUT2D eigenvalue weighted by molar-refractivity contribution is -0.165. The van der Waals surface area contributed by atoms with Crippen LogP contribution in [0.15, 0.2) is 18.3 Å². The molecule has 2 heterocycles.